The third-order valence-corrected chi connectivity index (χ3v) is 3.59. The number of aryl methyl sites for hydroxylation is 2. The average Bonchev–Trinajstić information content (AvgIpc) is 2.45. The highest BCUT2D eigenvalue weighted by atomic mass is 19.1. The van der Waals surface area contributed by atoms with E-state index in [1.54, 1.807) is 12.1 Å². The fourth-order valence-corrected chi connectivity index (χ4v) is 2.39. The Kier molecular flexibility index (Phi) is 5.28. The maximum atomic E-state index is 12.8. The molecule has 0 spiro atoms. The maximum Gasteiger partial charge on any atom is 0.279 e. The number of halogens is 1. The Morgan fingerprint density at radius 1 is 1.14 bits per heavy atom. The van der Waals surface area contributed by atoms with Crippen molar-refractivity contribution in [1.29, 1.82) is 0 Å². The predicted molar refractivity (Wildman–Crippen MR) is 86.4 cm³/mol. The van der Waals surface area contributed by atoms with E-state index in [9.17, 15) is 9.18 Å². The topological polar surface area (TPSA) is 33.5 Å². The number of rotatable bonds is 5. The summed E-state index contributed by atoms with van der Waals surface area (Å²) in [6.45, 7) is 5.31. The molecule has 4 heteroatoms. The molecule has 0 aliphatic rings. The lowest BCUT2D eigenvalue weighted by atomic mass is 10.1. The van der Waals surface area contributed by atoms with Gasteiger partial charge < -0.3 is 10.2 Å². The van der Waals surface area contributed by atoms with Crippen LogP contribution in [-0.4, -0.2) is 19.5 Å². The number of amides is 1. The molecule has 1 amide bonds. The first-order chi connectivity index (χ1) is 10.4. The van der Waals surface area contributed by atoms with Crippen LogP contribution in [0.15, 0.2) is 42.5 Å². The summed E-state index contributed by atoms with van der Waals surface area (Å²) in [4.78, 5) is 13.1. The number of carbonyl (C=O) groups is 1. The molecule has 0 saturated heterocycles. The van der Waals surface area contributed by atoms with E-state index in [0.29, 0.717) is 12.2 Å². The maximum absolute atomic E-state index is 12.8. The van der Waals surface area contributed by atoms with Crippen LogP contribution in [0.5, 0.6) is 0 Å². The van der Waals surface area contributed by atoms with Crippen LogP contribution < -0.4 is 10.2 Å². The summed E-state index contributed by atoms with van der Waals surface area (Å²) in [5.41, 5.74) is 4.34. The van der Waals surface area contributed by atoms with Gasteiger partial charge in [0, 0.05) is 11.3 Å². The van der Waals surface area contributed by atoms with E-state index in [-0.39, 0.29) is 11.7 Å². The second kappa shape index (κ2) is 7.18. The fourth-order valence-electron chi connectivity index (χ4n) is 2.39. The van der Waals surface area contributed by atoms with Gasteiger partial charge >= 0.3 is 0 Å². The number of anilines is 1. The van der Waals surface area contributed by atoms with Crippen molar-refractivity contribution in [3.63, 3.8) is 0 Å². The predicted octanol–water partition coefficient (Wildman–Crippen LogP) is 2.10. The molecule has 1 unspecified atom stereocenters. The highest BCUT2D eigenvalue weighted by Crippen LogP contribution is 2.09. The highest BCUT2D eigenvalue weighted by Gasteiger charge is 2.12. The molecule has 0 saturated carbocycles. The molecule has 0 aliphatic heterocycles. The van der Waals surface area contributed by atoms with Gasteiger partial charge in [-0.15, -0.1) is 0 Å². The van der Waals surface area contributed by atoms with E-state index in [2.05, 4.69) is 37.4 Å². The zero-order valence-electron chi connectivity index (χ0n) is 13.2. The minimum Gasteiger partial charge on any atom is -0.326 e. The molecule has 22 heavy (non-hydrogen) atoms. The molecule has 116 valence electrons. The summed E-state index contributed by atoms with van der Waals surface area (Å²) in [7, 11) is 1.99. The molecule has 1 atom stereocenters. The smallest absolute Gasteiger partial charge is 0.279 e. The van der Waals surface area contributed by atoms with Gasteiger partial charge in [-0.2, -0.15) is 0 Å². The van der Waals surface area contributed by atoms with Crippen molar-refractivity contribution in [3.8, 4) is 0 Å². The van der Waals surface area contributed by atoms with Gasteiger partial charge in [-0.25, -0.2) is 4.39 Å². The van der Waals surface area contributed by atoms with E-state index in [1.807, 2.05) is 7.05 Å². The summed E-state index contributed by atoms with van der Waals surface area (Å²) in [6.07, 6.45) is 0. The first-order valence-corrected chi connectivity index (χ1v) is 7.37. The Morgan fingerprint density at radius 3 is 2.50 bits per heavy atom. The first-order valence-electron chi connectivity index (χ1n) is 7.37. The monoisotopic (exact) mass is 301 g/mol. The number of hydrogen-bond donors (Lipinski definition) is 2. The van der Waals surface area contributed by atoms with Crippen LogP contribution >= 0.6 is 0 Å². The number of benzene rings is 2. The summed E-state index contributed by atoms with van der Waals surface area (Å²) >= 11 is 0. The quantitative estimate of drug-likeness (QED) is 0.871. The standard InChI is InChI=1S/C18H21FN2O/c1-13-4-5-14(2)15(10-13)11-21(3)12-18(22)20-17-8-6-16(19)7-9-17/h4-10H,11-12H2,1-3H3,(H,20,22)/p+1. The van der Waals surface area contributed by atoms with Crippen LogP contribution in [0.3, 0.4) is 0 Å². The van der Waals surface area contributed by atoms with Gasteiger partial charge in [-0.1, -0.05) is 23.8 Å². The SMILES string of the molecule is Cc1ccc(C)c(C[NH+](C)CC(=O)Nc2ccc(F)cc2)c1. The van der Waals surface area contributed by atoms with Crippen LogP contribution in [-0.2, 0) is 11.3 Å². The third-order valence-electron chi connectivity index (χ3n) is 3.59. The zero-order valence-corrected chi connectivity index (χ0v) is 13.2. The van der Waals surface area contributed by atoms with Crippen molar-refractivity contribution in [3.05, 3.63) is 65.0 Å². The molecule has 0 fully saturated rings. The largest absolute Gasteiger partial charge is 0.326 e. The van der Waals surface area contributed by atoms with Gasteiger partial charge in [0.1, 0.15) is 12.4 Å². The van der Waals surface area contributed by atoms with Gasteiger partial charge in [0.25, 0.3) is 5.91 Å². The number of hydrogen-bond acceptors (Lipinski definition) is 1. The molecule has 2 aromatic rings. The molecule has 2 N–H and O–H groups in total. The molecule has 3 nitrogen and oxygen atoms in total. The third kappa shape index (κ3) is 4.67. The summed E-state index contributed by atoms with van der Waals surface area (Å²) in [5.74, 6) is -0.384. The molecule has 2 aromatic carbocycles. The highest BCUT2D eigenvalue weighted by molar-refractivity contribution is 5.91. The Hall–Kier alpha value is -2.20. The molecular weight excluding hydrogens is 279 g/mol. The number of nitrogens with one attached hydrogen (secondary N) is 2. The van der Waals surface area contributed by atoms with Crippen LogP contribution in [0.4, 0.5) is 10.1 Å². The molecule has 0 aliphatic carbocycles. The van der Waals surface area contributed by atoms with Gasteiger partial charge in [-0.05, 0) is 43.7 Å². The molecule has 0 bridgehead atoms. The van der Waals surface area contributed by atoms with Gasteiger partial charge in [-0.3, -0.25) is 4.79 Å². The van der Waals surface area contributed by atoms with E-state index >= 15 is 0 Å². The van der Waals surface area contributed by atoms with Crippen LogP contribution in [0.1, 0.15) is 16.7 Å². The van der Waals surface area contributed by atoms with Crippen molar-refractivity contribution < 1.29 is 14.1 Å². The van der Waals surface area contributed by atoms with Crippen molar-refractivity contribution >= 4 is 11.6 Å². The first kappa shape index (κ1) is 16.2. The second-order valence-electron chi connectivity index (χ2n) is 5.80. The minimum atomic E-state index is -0.310. The van der Waals surface area contributed by atoms with Gasteiger partial charge in [0.2, 0.25) is 0 Å². The Bertz CT molecular complexity index is 653. The van der Waals surface area contributed by atoms with Crippen LogP contribution in [0.25, 0.3) is 0 Å². The minimum absolute atomic E-state index is 0.0746. The Balaban J connectivity index is 1.91. The number of likely N-dealkylation sites (N-methyl/N-ethyl adjacent to an activating group) is 1. The molecule has 0 heterocycles. The molecule has 0 aromatic heterocycles. The van der Waals surface area contributed by atoms with Gasteiger partial charge in [0.15, 0.2) is 6.54 Å². The van der Waals surface area contributed by atoms with Crippen molar-refractivity contribution in [1.82, 2.24) is 0 Å². The summed E-state index contributed by atoms with van der Waals surface area (Å²) in [6, 6.07) is 12.2. The van der Waals surface area contributed by atoms with E-state index in [4.69, 9.17) is 0 Å². The lowest BCUT2D eigenvalue weighted by Gasteiger charge is -2.15. The number of quaternary nitrogens is 1. The average molecular weight is 301 g/mol. The second-order valence-corrected chi connectivity index (χ2v) is 5.80. The van der Waals surface area contributed by atoms with Crippen LogP contribution in [0.2, 0.25) is 0 Å². The lowest BCUT2D eigenvalue weighted by Crippen LogP contribution is -3.08. The fraction of sp³-hybridized carbons (Fsp3) is 0.278. The van der Waals surface area contributed by atoms with Crippen LogP contribution in [0, 0.1) is 19.7 Å². The normalized spacial score (nSPS) is 12.0. The van der Waals surface area contributed by atoms with Crippen molar-refractivity contribution in [2.45, 2.75) is 20.4 Å². The Morgan fingerprint density at radius 2 is 1.82 bits per heavy atom. The molecular formula is C18H22FN2O+. The van der Waals surface area contributed by atoms with Gasteiger partial charge in [0.05, 0.1) is 7.05 Å². The van der Waals surface area contributed by atoms with Crippen molar-refractivity contribution in [2.24, 2.45) is 0 Å². The summed E-state index contributed by atoms with van der Waals surface area (Å²) in [5, 5.41) is 2.79. The lowest BCUT2D eigenvalue weighted by molar-refractivity contribution is -0.885. The van der Waals surface area contributed by atoms with E-state index in [0.717, 1.165) is 11.4 Å². The van der Waals surface area contributed by atoms with Crippen molar-refractivity contribution in [2.75, 3.05) is 18.9 Å². The summed E-state index contributed by atoms with van der Waals surface area (Å²) < 4.78 is 12.8. The number of carbonyl (C=O) groups excluding carboxylic acids is 1. The molecule has 0 radical (unpaired) electrons. The zero-order chi connectivity index (χ0) is 16.1. The Labute approximate surface area is 130 Å². The molecule has 2 rings (SSSR count). The van der Waals surface area contributed by atoms with E-state index in [1.165, 1.54) is 28.8 Å². The van der Waals surface area contributed by atoms with E-state index < -0.39 is 0 Å².